The predicted molar refractivity (Wildman–Crippen MR) is 174 cm³/mol. The Morgan fingerprint density at radius 2 is 2.02 bits per heavy atom. The van der Waals surface area contributed by atoms with Crippen molar-refractivity contribution >= 4 is 33.2 Å². The highest BCUT2D eigenvalue weighted by molar-refractivity contribution is 7.90. The van der Waals surface area contributed by atoms with Crippen LogP contribution in [0.25, 0.3) is 0 Å². The first-order chi connectivity index (χ1) is 21.7. The summed E-state index contributed by atoms with van der Waals surface area (Å²) in [5.74, 6) is 0.331. The first-order valence-corrected chi connectivity index (χ1v) is 17.9. The van der Waals surface area contributed by atoms with Gasteiger partial charge in [-0.15, -0.1) is 0 Å². The minimum Gasteiger partial charge on any atom is -0.490 e. The summed E-state index contributed by atoms with van der Waals surface area (Å²) in [5.41, 5.74) is 3.21. The van der Waals surface area contributed by atoms with Gasteiger partial charge in [-0.25, -0.2) is 13.1 Å². The van der Waals surface area contributed by atoms with Crippen molar-refractivity contribution in [1.82, 2.24) is 4.72 Å². The molecule has 4 aliphatic rings. The number of halogens is 1. The minimum absolute atomic E-state index is 0.0758. The third-order valence-corrected chi connectivity index (χ3v) is 12.0. The van der Waals surface area contributed by atoms with E-state index < -0.39 is 27.3 Å². The van der Waals surface area contributed by atoms with Crippen LogP contribution in [0.15, 0.2) is 48.6 Å². The Bertz CT molecular complexity index is 1530. The molecule has 1 saturated carbocycles. The predicted octanol–water partition coefficient (Wildman–Crippen LogP) is 4.64. The van der Waals surface area contributed by atoms with E-state index in [0.29, 0.717) is 38.5 Å². The van der Waals surface area contributed by atoms with E-state index in [4.69, 9.17) is 25.8 Å². The summed E-state index contributed by atoms with van der Waals surface area (Å²) in [7, 11) is -2.53. The first kappa shape index (κ1) is 32.3. The maximum atomic E-state index is 13.5. The summed E-state index contributed by atoms with van der Waals surface area (Å²) in [4.78, 5) is 15.8. The quantitative estimate of drug-likeness (QED) is 0.353. The van der Waals surface area contributed by atoms with Gasteiger partial charge in [0.1, 0.15) is 11.0 Å². The van der Waals surface area contributed by atoms with Crippen molar-refractivity contribution in [3.8, 4) is 5.75 Å². The second-order valence-electron chi connectivity index (χ2n) is 13.0. The van der Waals surface area contributed by atoms with Crippen LogP contribution in [0.4, 0.5) is 5.69 Å². The van der Waals surface area contributed by atoms with Crippen LogP contribution in [-0.2, 0) is 31.3 Å². The zero-order valence-electron chi connectivity index (χ0n) is 25.8. The summed E-state index contributed by atoms with van der Waals surface area (Å²) in [6.07, 6.45) is 8.55. The number of methoxy groups -OCH3 is 1. The van der Waals surface area contributed by atoms with Crippen LogP contribution in [-0.4, -0.2) is 77.4 Å². The number of allylic oxidation sites excluding steroid dienone is 1. The van der Waals surface area contributed by atoms with Crippen LogP contribution in [0.5, 0.6) is 5.75 Å². The lowest BCUT2D eigenvalue weighted by molar-refractivity contribution is 0.0456. The number of ether oxygens (including phenoxy) is 3. The Hall–Kier alpha value is -2.63. The zero-order chi connectivity index (χ0) is 31.6. The summed E-state index contributed by atoms with van der Waals surface area (Å²) >= 11 is 6.40. The summed E-state index contributed by atoms with van der Waals surface area (Å²) in [6, 6.07) is 11.3. The highest BCUT2D eigenvalue weighted by atomic mass is 35.5. The van der Waals surface area contributed by atoms with Crippen molar-refractivity contribution < 1.29 is 32.5 Å². The fourth-order valence-corrected chi connectivity index (χ4v) is 8.89. The Balaban J connectivity index is 1.36. The summed E-state index contributed by atoms with van der Waals surface area (Å²) < 4.78 is 46.4. The largest absolute Gasteiger partial charge is 0.490 e. The molecule has 1 spiro atoms. The number of nitrogens with zero attached hydrogens (tertiary/aromatic N) is 1. The Morgan fingerprint density at radius 1 is 1.16 bits per heavy atom. The lowest BCUT2D eigenvalue weighted by atomic mass is 9.68. The van der Waals surface area contributed by atoms with Gasteiger partial charge in [-0.3, -0.25) is 4.79 Å². The molecule has 2 aromatic rings. The standard InChI is InChI=1S/C34H43ClN2O7S/c1-42-15-16-43-20-27-6-2-3-7-31(38)28-11-8-25(28)19-37-21-34(14-4-5-23-17-26(35)10-12-29(23)34)22-44-32-13-9-24(18-30(32)37)33(39)36-45(27,40)41/h3,7,9-10,12-13,17-18,25,27-28,31,38H,2,4-6,8,11,14-16,19-22H2,1H3,(H,36,39)/b7-3+/t25-,27+,28+,31-,34-/m0/s1. The molecule has 0 radical (unpaired) electrons. The molecule has 2 heterocycles. The van der Waals surface area contributed by atoms with Gasteiger partial charge in [-0.05, 0) is 98.2 Å². The molecule has 2 aromatic carbocycles. The number of aliphatic hydroxyl groups excluding tert-OH is 1. The highest BCUT2D eigenvalue weighted by Gasteiger charge is 2.44. The molecule has 6 rings (SSSR count). The molecule has 1 fully saturated rings. The van der Waals surface area contributed by atoms with Gasteiger partial charge >= 0.3 is 0 Å². The molecule has 11 heteroatoms. The number of aliphatic hydroxyl groups is 1. The van der Waals surface area contributed by atoms with Gasteiger partial charge in [-0.1, -0.05) is 29.8 Å². The second-order valence-corrected chi connectivity index (χ2v) is 15.3. The van der Waals surface area contributed by atoms with Crippen molar-refractivity contribution in [3.63, 3.8) is 0 Å². The number of aryl methyl sites for hydroxylation is 1. The maximum Gasteiger partial charge on any atom is 0.264 e. The molecular formula is C34H43ClN2O7S. The topological polar surface area (TPSA) is 114 Å². The third kappa shape index (κ3) is 6.90. The van der Waals surface area contributed by atoms with Crippen LogP contribution in [0.2, 0.25) is 5.02 Å². The van der Waals surface area contributed by atoms with Gasteiger partial charge in [0.15, 0.2) is 0 Å². The summed E-state index contributed by atoms with van der Waals surface area (Å²) in [5, 5.41) is 10.9. The van der Waals surface area contributed by atoms with Gasteiger partial charge in [0.25, 0.3) is 5.91 Å². The minimum atomic E-state index is -4.08. The Kier molecular flexibility index (Phi) is 9.78. The van der Waals surface area contributed by atoms with E-state index in [1.165, 1.54) is 11.1 Å². The highest BCUT2D eigenvalue weighted by Crippen LogP contribution is 2.46. The molecule has 2 bridgehead atoms. The van der Waals surface area contributed by atoms with Crippen LogP contribution in [0.3, 0.4) is 0 Å². The van der Waals surface area contributed by atoms with Gasteiger partial charge < -0.3 is 24.2 Å². The van der Waals surface area contributed by atoms with Crippen molar-refractivity contribution in [1.29, 1.82) is 0 Å². The number of anilines is 1. The SMILES string of the molecule is COCCOC[C@H]1CC/C=C/[C@H](O)[C@@H]2CC[C@H]2CN2C[C@@]3(CCCc4cc(Cl)ccc43)COc3ccc(cc32)C(=O)NS1(=O)=O. The average molecular weight is 659 g/mol. The second kappa shape index (κ2) is 13.6. The van der Waals surface area contributed by atoms with Crippen LogP contribution in [0.1, 0.15) is 60.0 Å². The number of sulfonamides is 1. The van der Waals surface area contributed by atoms with E-state index in [9.17, 15) is 18.3 Å². The lowest BCUT2D eigenvalue weighted by Gasteiger charge is -2.45. The number of nitrogens with one attached hydrogen (secondary N) is 1. The maximum absolute atomic E-state index is 13.5. The molecule has 0 aromatic heterocycles. The average Bonchev–Trinajstić information content (AvgIpc) is 3.14. The number of hydrogen-bond acceptors (Lipinski definition) is 8. The van der Waals surface area contributed by atoms with Crippen molar-refractivity contribution in [2.75, 3.05) is 51.5 Å². The number of hydrogen-bond donors (Lipinski definition) is 2. The van der Waals surface area contributed by atoms with Crippen molar-refractivity contribution in [3.05, 3.63) is 70.3 Å². The van der Waals surface area contributed by atoms with E-state index in [-0.39, 0.29) is 42.4 Å². The van der Waals surface area contributed by atoms with E-state index in [0.717, 1.165) is 42.8 Å². The number of carbonyl (C=O) groups is 1. The van der Waals surface area contributed by atoms with E-state index in [2.05, 4.69) is 21.8 Å². The number of rotatable bonds is 5. The number of amides is 1. The fourth-order valence-electron chi connectivity index (χ4n) is 7.43. The monoisotopic (exact) mass is 658 g/mol. The molecule has 0 saturated heterocycles. The molecule has 2 aliphatic heterocycles. The first-order valence-electron chi connectivity index (χ1n) is 16.0. The fraction of sp³-hybridized carbons (Fsp3) is 0.559. The molecule has 45 heavy (non-hydrogen) atoms. The molecule has 5 atom stereocenters. The van der Waals surface area contributed by atoms with Gasteiger partial charge in [0, 0.05) is 36.2 Å². The molecular weight excluding hydrogens is 616 g/mol. The van der Waals surface area contributed by atoms with Crippen molar-refractivity contribution in [2.45, 2.75) is 61.7 Å². The van der Waals surface area contributed by atoms with E-state index in [1.54, 1.807) is 31.4 Å². The number of fused-ring (bicyclic) bond motifs is 4. The molecule has 2 N–H and O–H groups in total. The van der Waals surface area contributed by atoms with E-state index in [1.807, 2.05) is 12.1 Å². The third-order valence-electron chi connectivity index (χ3n) is 10.1. The molecule has 244 valence electrons. The van der Waals surface area contributed by atoms with Crippen LogP contribution >= 0.6 is 11.6 Å². The van der Waals surface area contributed by atoms with Crippen molar-refractivity contribution in [2.24, 2.45) is 11.8 Å². The van der Waals surface area contributed by atoms with Gasteiger partial charge in [0.05, 0.1) is 38.2 Å². The molecule has 9 nitrogen and oxygen atoms in total. The summed E-state index contributed by atoms with van der Waals surface area (Å²) in [6.45, 7) is 2.35. The smallest absolute Gasteiger partial charge is 0.264 e. The number of carbonyl (C=O) groups excluding carboxylic acids is 1. The normalized spacial score (nSPS) is 30.2. The molecule has 2 aliphatic carbocycles. The van der Waals surface area contributed by atoms with Gasteiger partial charge in [-0.2, -0.15) is 0 Å². The van der Waals surface area contributed by atoms with Crippen LogP contribution < -0.4 is 14.4 Å². The molecule has 1 amide bonds. The molecule has 0 unspecified atom stereocenters. The Labute approximate surface area is 270 Å². The van der Waals surface area contributed by atoms with E-state index >= 15 is 0 Å². The number of benzene rings is 2. The zero-order valence-corrected chi connectivity index (χ0v) is 27.3. The lowest BCUT2D eigenvalue weighted by Crippen LogP contribution is -2.49. The van der Waals surface area contributed by atoms with Gasteiger partial charge in [0.2, 0.25) is 10.0 Å². The Morgan fingerprint density at radius 3 is 2.82 bits per heavy atom. The van der Waals surface area contributed by atoms with Crippen LogP contribution in [0, 0.1) is 11.8 Å².